The van der Waals surface area contributed by atoms with Crippen LogP contribution in [0.4, 0.5) is 0 Å². The van der Waals surface area contributed by atoms with Crippen molar-refractivity contribution < 1.29 is 13.0 Å². The Kier molecular flexibility index (Phi) is 8.05. The fourth-order valence-corrected chi connectivity index (χ4v) is 0.513. The van der Waals surface area contributed by atoms with Crippen LogP contribution in [0.25, 0.3) is 0 Å². The molecule has 0 aromatic heterocycles. The first kappa shape index (κ1) is 15.4. The van der Waals surface area contributed by atoms with E-state index in [9.17, 15) is 8.42 Å². The zero-order valence-corrected chi connectivity index (χ0v) is 9.05. The lowest BCUT2D eigenvalue weighted by molar-refractivity contribution is 0.490. The summed E-state index contributed by atoms with van der Waals surface area (Å²) >= 11 is 0. The van der Waals surface area contributed by atoms with E-state index in [0.717, 1.165) is 0 Å². The molecule has 0 heterocycles. The Bertz CT molecular complexity index is 375. The van der Waals surface area contributed by atoms with Gasteiger partial charge in [-0.25, -0.2) is 0 Å². The SMILES string of the molecule is CS(=O)(=O)O.Cl.N#Cc1ccccc1. The summed E-state index contributed by atoms with van der Waals surface area (Å²) in [6.45, 7) is 0. The van der Waals surface area contributed by atoms with Gasteiger partial charge in [0.25, 0.3) is 10.1 Å². The van der Waals surface area contributed by atoms with Crippen molar-refractivity contribution in [3.05, 3.63) is 35.9 Å². The summed E-state index contributed by atoms with van der Waals surface area (Å²) in [6.07, 6.45) is 0.715. The normalized spacial score (nSPS) is 8.64. The fourth-order valence-electron chi connectivity index (χ4n) is 0.513. The lowest BCUT2D eigenvalue weighted by Gasteiger charge is -1.80. The van der Waals surface area contributed by atoms with E-state index in [4.69, 9.17) is 9.81 Å². The van der Waals surface area contributed by atoms with Crippen LogP contribution in [0.2, 0.25) is 0 Å². The lowest BCUT2D eigenvalue weighted by Crippen LogP contribution is -1.88. The second-order valence-corrected chi connectivity index (χ2v) is 3.68. The van der Waals surface area contributed by atoms with Gasteiger partial charge in [0, 0.05) is 0 Å². The molecule has 0 spiro atoms. The Labute approximate surface area is 89.3 Å². The predicted octanol–water partition coefficient (Wildman–Crippen LogP) is 1.48. The van der Waals surface area contributed by atoms with Crippen molar-refractivity contribution >= 4 is 22.5 Å². The number of rotatable bonds is 0. The van der Waals surface area contributed by atoms with Crippen molar-refractivity contribution in [1.29, 1.82) is 5.26 Å². The zero-order valence-electron chi connectivity index (χ0n) is 7.41. The first-order valence-electron chi connectivity index (χ1n) is 3.31. The molecule has 14 heavy (non-hydrogen) atoms. The number of hydrogen-bond acceptors (Lipinski definition) is 3. The topological polar surface area (TPSA) is 78.2 Å². The van der Waals surface area contributed by atoms with E-state index >= 15 is 0 Å². The smallest absolute Gasteiger partial charge is 0.261 e. The molecule has 0 bridgehead atoms. The van der Waals surface area contributed by atoms with Crippen molar-refractivity contribution in [3.63, 3.8) is 0 Å². The maximum absolute atomic E-state index is 9.19. The molecule has 1 rings (SSSR count). The van der Waals surface area contributed by atoms with Crippen molar-refractivity contribution in [3.8, 4) is 6.07 Å². The summed E-state index contributed by atoms with van der Waals surface area (Å²) in [5, 5.41) is 8.29. The maximum atomic E-state index is 9.19. The van der Waals surface area contributed by atoms with Crippen LogP contribution in [0.5, 0.6) is 0 Å². The van der Waals surface area contributed by atoms with Crippen LogP contribution >= 0.6 is 12.4 Å². The molecule has 0 fully saturated rings. The Morgan fingerprint density at radius 1 is 1.29 bits per heavy atom. The fraction of sp³-hybridized carbons (Fsp3) is 0.125. The van der Waals surface area contributed by atoms with Crippen LogP contribution in [-0.4, -0.2) is 19.2 Å². The van der Waals surface area contributed by atoms with Crippen LogP contribution < -0.4 is 0 Å². The molecule has 0 saturated carbocycles. The third kappa shape index (κ3) is 13.5. The third-order valence-corrected chi connectivity index (χ3v) is 0.903. The summed E-state index contributed by atoms with van der Waals surface area (Å²) in [6, 6.07) is 11.2. The zero-order chi connectivity index (χ0) is 10.3. The van der Waals surface area contributed by atoms with Gasteiger partial charge in [0.05, 0.1) is 17.9 Å². The molecule has 0 unspecified atom stereocenters. The van der Waals surface area contributed by atoms with E-state index in [-0.39, 0.29) is 12.4 Å². The summed E-state index contributed by atoms with van der Waals surface area (Å²) in [4.78, 5) is 0. The second kappa shape index (κ2) is 7.33. The molecule has 1 aromatic carbocycles. The highest BCUT2D eigenvalue weighted by molar-refractivity contribution is 7.85. The van der Waals surface area contributed by atoms with Crippen LogP contribution in [-0.2, 0) is 10.1 Å². The summed E-state index contributed by atoms with van der Waals surface area (Å²) in [7, 11) is -3.67. The summed E-state index contributed by atoms with van der Waals surface area (Å²) in [5.74, 6) is 0. The van der Waals surface area contributed by atoms with E-state index in [1.807, 2.05) is 24.3 Å². The molecule has 0 saturated heterocycles. The summed E-state index contributed by atoms with van der Waals surface area (Å²) < 4.78 is 25.9. The molecule has 0 atom stereocenters. The van der Waals surface area contributed by atoms with Gasteiger partial charge in [-0.2, -0.15) is 13.7 Å². The number of nitriles is 1. The highest BCUT2D eigenvalue weighted by Gasteiger charge is 1.81. The Hall–Kier alpha value is -1.09. The second-order valence-electron chi connectivity index (χ2n) is 2.21. The van der Waals surface area contributed by atoms with E-state index in [0.29, 0.717) is 11.8 Å². The van der Waals surface area contributed by atoms with Crippen molar-refractivity contribution in [2.24, 2.45) is 0 Å². The molecule has 0 aliphatic rings. The number of nitrogens with zero attached hydrogens (tertiary/aromatic N) is 1. The minimum atomic E-state index is -3.67. The quantitative estimate of drug-likeness (QED) is 0.691. The molecule has 1 aromatic rings. The van der Waals surface area contributed by atoms with Gasteiger partial charge in [0.15, 0.2) is 0 Å². The number of hydrogen-bond donors (Lipinski definition) is 1. The van der Waals surface area contributed by atoms with E-state index in [1.165, 1.54) is 0 Å². The monoisotopic (exact) mass is 235 g/mol. The molecule has 0 radical (unpaired) electrons. The van der Waals surface area contributed by atoms with Gasteiger partial charge in [0.2, 0.25) is 0 Å². The average Bonchev–Trinajstić information content (AvgIpc) is 2.03. The minimum absolute atomic E-state index is 0. The molecule has 0 aliphatic carbocycles. The molecule has 0 amide bonds. The van der Waals surface area contributed by atoms with Crippen molar-refractivity contribution in [2.75, 3.05) is 6.26 Å². The Morgan fingerprint density at radius 3 is 1.86 bits per heavy atom. The lowest BCUT2D eigenvalue weighted by atomic mass is 10.2. The molecular weight excluding hydrogens is 226 g/mol. The number of halogens is 1. The van der Waals surface area contributed by atoms with Gasteiger partial charge >= 0.3 is 0 Å². The van der Waals surface area contributed by atoms with Gasteiger partial charge in [-0.1, -0.05) is 18.2 Å². The minimum Gasteiger partial charge on any atom is -0.286 e. The van der Waals surface area contributed by atoms with Crippen LogP contribution in [0, 0.1) is 11.3 Å². The van der Waals surface area contributed by atoms with Gasteiger partial charge in [0.1, 0.15) is 0 Å². The first-order chi connectivity index (χ1) is 5.93. The predicted molar refractivity (Wildman–Crippen MR) is 55.9 cm³/mol. The van der Waals surface area contributed by atoms with Gasteiger partial charge in [-0.3, -0.25) is 4.55 Å². The van der Waals surface area contributed by atoms with E-state index in [2.05, 4.69) is 0 Å². The highest BCUT2D eigenvalue weighted by Crippen LogP contribution is 1.93. The van der Waals surface area contributed by atoms with E-state index < -0.39 is 10.1 Å². The maximum Gasteiger partial charge on any atom is 0.261 e. The number of benzene rings is 1. The van der Waals surface area contributed by atoms with Crippen molar-refractivity contribution in [2.45, 2.75) is 0 Å². The third-order valence-electron chi connectivity index (χ3n) is 0.903. The van der Waals surface area contributed by atoms with Crippen LogP contribution in [0.1, 0.15) is 5.56 Å². The molecular formula is C8H10ClNO3S. The van der Waals surface area contributed by atoms with Crippen LogP contribution in [0.3, 0.4) is 0 Å². The largest absolute Gasteiger partial charge is 0.286 e. The average molecular weight is 236 g/mol. The molecule has 6 heteroatoms. The summed E-state index contributed by atoms with van der Waals surface area (Å²) in [5.41, 5.74) is 0.715. The van der Waals surface area contributed by atoms with Crippen molar-refractivity contribution in [1.82, 2.24) is 0 Å². The van der Waals surface area contributed by atoms with Gasteiger partial charge in [-0.15, -0.1) is 12.4 Å². The standard InChI is InChI=1S/C7H5N.CH4O3S.ClH/c8-6-7-4-2-1-3-5-7;1-5(2,3)4;/h1-5H;1H3,(H,2,3,4);1H. The molecule has 0 aliphatic heterocycles. The van der Waals surface area contributed by atoms with Gasteiger partial charge in [-0.05, 0) is 12.1 Å². The Morgan fingerprint density at radius 2 is 1.64 bits per heavy atom. The van der Waals surface area contributed by atoms with Crippen LogP contribution in [0.15, 0.2) is 30.3 Å². The molecule has 1 N–H and O–H groups in total. The first-order valence-corrected chi connectivity index (χ1v) is 5.16. The Balaban J connectivity index is 0. The molecule has 78 valence electrons. The highest BCUT2D eigenvalue weighted by atomic mass is 35.5. The molecule has 4 nitrogen and oxygen atoms in total. The van der Waals surface area contributed by atoms with Gasteiger partial charge < -0.3 is 0 Å². The van der Waals surface area contributed by atoms with E-state index in [1.54, 1.807) is 12.1 Å².